The van der Waals surface area contributed by atoms with Crippen molar-refractivity contribution in [1.82, 2.24) is 0 Å². The van der Waals surface area contributed by atoms with E-state index in [0.717, 1.165) is 12.0 Å². The molecule has 0 saturated carbocycles. The Morgan fingerprint density at radius 1 is 1.11 bits per heavy atom. The third-order valence-corrected chi connectivity index (χ3v) is 2.70. The average Bonchev–Trinajstić information content (AvgIpc) is 2.37. The second kappa shape index (κ2) is 7.11. The van der Waals surface area contributed by atoms with Crippen LogP contribution < -0.4 is 19.9 Å². The fourth-order valence-electron chi connectivity index (χ4n) is 1.59. The lowest BCUT2D eigenvalue weighted by Crippen LogP contribution is -2.05. The molecule has 0 amide bonds. The van der Waals surface area contributed by atoms with E-state index in [9.17, 15) is 0 Å². The summed E-state index contributed by atoms with van der Waals surface area (Å²) in [7, 11) is 3.23. The van der Waals surface area contributed by atoms with Crippen molar-refractivity contribution in [1.29, 1.82) is 0 Å². The van der Waals surface area contributed by atoms with Crippen LogP contribution in [0.25, 0.3) is 0 Å². The van der Waals surface area contributed by atoms with Gasteiger partial charge < -0.3 is 19.9 Å². The maximum absolute atomic E-state index is 5.77. The molecule has 0 heterocycles. The van der Waals surface area contributed by atoms with Gasteiger partial charge in [0.25, 0.3) is 0 Å². The summed E-state index contributed by atoms with van der Waals surface area (Å²) >= 11 is 0. The SMILES string of the molecule is COc1cc(CN)cc(OC)c1OCCC(C)C. The lowest BCUT2D eigenvalue weighted by molar-refractivity contribution is 0.257. The molecule has 0 aliphatic carbocycles. The van der Waals surface area contributed by atoms with Gasteiger partial charge in [0.1, 0.15) is 0 Å². The molecule has 0 bridgehead atoms. The maximum Gasteiger partial charge on any atom is 0.203 e. The van der Waals surface area contributed by atoms with Gasteiger partial charge in [-0.3, -0.25) is 0 Å². The van der Waals surface area contributed by atoms with Gasteiger partial charge in [0.15, 0.2) is 11.5 Å². The summed E-state index contributed by atoms with van der Waals surface area (Å²) in [4.78, 5) is 0. The summed E-state index contributed by atoms with van der Waals surface area (Å²) in [6.45, 7) is 5.41. The van der Waals surface area contributed by atoms with E-state index in [1.165, 1.54) is 0 Å². The lowest BCUT2D eigenvalue weighted by atomic mass is 10.1. The molecule has 2 N–H and O–H groups in total. The van der Waals surface area contributed by atoms with E-state index in [4.69, 9.17) is 19.9 Å². The first-order chi connectivity index (χ1) is 8.62. The topological polar surface area (TPSA) is 53.7 Å². The van der Waals surface area contributed by atoms with E-state index in [1.807, 2.05) is 12.1 Å². The molecule has 0 atom stereocenters. The molecular weight excluding hydrogens is 230 g/mol. The van der Waals surface area contributed by atoms with Gasteiger partial charge in [-0.25, -0.2) is 0 Å². The van der Waals surface area contributed by atoms with E-state index in [-0.39, 0.29) is 0 Å². The average molecular weight is 253 g/mol. The zero-order chi connectivity index (χ0) is 13.5. The number of nitrogens with two attached hydrogens (primary N) is 1. The van der Waals surface area contributed by atoms with Gasteiger partial charge in [0.05, 0.1) is 20.8 Å². The summed E-state index contributed by atoms with van der Waals surface area (Å²) < 4.78 is 16.4. The van der Waals surface area contributed by atoms with Gasteiger partial charge in [-0.1, -0.05) is 13.8 Å². The molecule has 102 valence electrons. The molecular formula is C14H23NO3. The van der Waals surface area contributed by atoms with Crippen LogP contribution in [0.3, 0.4) is 0 Å². The molecule has 1 aromatic rings. The van der Waals surface area contributed by atoms with Gasteiger partial charge in [-0.2, -0.15) is 0 Å². The molecule has 1 rings (SSSR count). The van der Waals surface area contributed by atoms with Crippen molar-refractivity contribution >= 4 is 0 Å². The van der Waals surface area contributed by atoms with Gasteiger partial charge in [0, 0.05) is 6.54 Å². The molecule has 0 spiro atoms. The summed E-state index contributed by atoms with van der Waals surface area (Å²) in [6, 6.07) is 3.76. The van der Waals surface area contributed by atoms with E-state index in [2.05, 4.69) is 13.8 Å². The normalized spacial score (nSPS) is 10.6. The summed E-state index contributed by atoms with van der Waals surface area (Å²) in [5, 5.41) is 0. The van der Waals surface area contributed by atoms with Crippen LogP contribution in [0, 0.1) is 5.92 Å². The molecule has 4 heteroatoms. The van der Waals surface area contributed by atoms with Crippen LogP contribution in [0.4, 0.5) is 0 Å². The quantitative estimate of drug-likeness (QED) is 0.811. The molecule has 0 fully saturated rings. The standard InChI is InChI=1S/C14H23NO3/c1-10(2)5-6-18-14-12(16-3)7-11(9-15)8-13(14)17-4/h7-8,10H,5-6,9,15H2,1-4H3. The minimum absolute atomic E-state index is 0.443. The molecule has 1 aromatic carbocycles. The number of methoxy groups -OCH3 is 2. The second-order valence-electron chi connectivity index (χ2n) is 4.56. The van der Waals surface area contributed by atoms with E-state index in [0.29, 0.717) is 36.3 Å². The zero-order valence-electron chi connectivity index (χ0n) is 11.7. The van der Waals surface area contributed by atoms with Crippen molar-refractivity contribution < 1.29 is 14.2 Å². The Bertz CT molecular complexity index is 352. The first kappa shape index (κ1) is 14.6. The summed E-state index contributed by atoms with van der Waals surface area (Å²) in [6.07, 6.45) is 0.991. The van der Waals surface area contributed by atoms with E-state index < -0.39 is 0 Å². The van der Waals surface area contributed by atoms with E-state index in [1.54, 1.807) is 14.2 Å². The highest BCUT2D eigenvalue weighted by Crippen LogP contribution is 2.38. The van der Waals surface area contributed by atoms with Crippen molar-refractivity contribution in [3.63, 3.8) is 0 Å². The van der Waals surface area contributed by atoms with Gasteiger partial charge in [-0.05, 0) is 30.0 Å². The summed E-state index contributed by atoms with van der Waals surface area (Å²) in [5.41, 5.74) is 6.59. The van der Waals surface area contributed by atoms with Crippen molar-refractivity contribution in [2.75, 3.05) is 20.8 Å². The van der Waals surface area contributed by atoms with Crippen LogP contribution in [0.15, 0.2) is 12.1 Å². The predicted octanol–water partition coefficient (Wildman–Crippen LogP) is 2.59. The Morgan fingerprint density at radius 3 is 2.06 bits per heavy atom. The van der Waals surface area contributed by atoms with Gasteiger partial charge in [0.2, 0.25) is 5.75 Å². The van der Waals surface area contributed by atoms with Crippen LogP contribution in [0.5, 0.6) is 17.2 Å². The van der Waals surface area contributed by atoms with Crippen molar-refractivity contribution in [2.24, 2.45) is 11.7 Å². The monoisotopic (exact) mass is 253 g/mol. The Balaban J connectivity index is 2.92. The third kappa shape index (κ3) is 3.81. The Labute approximate surface area is 109 Å². The highest BCUT2D eigenvalue weighted by molar-refractivity contribution is 5.53. The predicted molar refractivity (Wildman–Crippen MR) is 72.4 cm³/mol. The van der Waals surface area contributed by atoms with E-state index >= 15 is 0 Å². The smallest absolute Gasteiger partial charge is 0.203 e. The Morgan fingerprint density at radius 2 is 1.67 bits per heavy atom. The van der Waals surface area contributed by atoms with Crippen LogP contribution in [-0.2, 0) is 6.54 Å². The van der Waals surface area contributed by atoms with Crippen molar-refractivity contribution in [3.8, 4) is 17.2 Å². The second-order valence-corrected chi connectivity index (χ2v) is 4.56. The van der Waals surface area contributed by atoms with Crippen LogP contribution in [-0.4, -0.2) is 20.8 Å². The zero-order valence-corrected chi connectivity index (χ0v) is 11.7. The maximum atomic E-state index is 5.77. The molecule has 0 aliphatic rings. The Hall–Kier alpha value is -1.42. The molecule has 0 saturated heterocycles. The first-order valence-electron chi connectivity index (χ1n) is 6.20. The number of hydrogen-bond donors (Lipinski definition) is 1. The Kier molecular flexibility index (Phi) is 5.78. The summed E-state index contributed by atoms with van der Waals surface area (Å²) in [5.74, 6) is 2.58. The van der Waals surface area contributed by atoms with Crippen molar-refractivity contribution in [2.45, 2.75) is 26.8 Å². The van der Waals surface area contributed by atoms with Crippen LogP contribution >= 0.6 is 0 Å². The fourth-order valence-corrected chi connectivity index (χ4v) is 1.59. The highest BCUT2D eigenvalue weighted by Gasteiger charge is 2.13. The van der Waals surface area contributed by atoms with Gasteiger partial charge in [-0.15, -0.1) is 0 Å². The van der Waals surface area contributed by atoms with Crippen LogP contribution in [0.1, 0.15) is 25.8 Å². The molecule has 0 aliphatic heterocycles. The number of rotatable bonds is 7. The minimum Gasteiger partial charge on any atom is -0.493 e. The fraction of sp³-hybridized carbons (Fsp3) is 0.571. The lowest BCUT2D eigenvalue weighted by Gasteiger charge is -2.16. The third-order valence-electron chi connectivity index (χ3n) is 2.70. The largest absolute Gasteiger partial charge is 0.493 e. The number of ether oxygens (including phenoxy) is 3. The molecule has 4 nitrogen and oxygen atoms in total. The number of hydrogen-bond acceptors (Lipinski definition) is 4. The number of benzene rings is 1. The van der Waals surface area contributed by atoms with Gasteiger partial charge >= 0.3 is 0 Å². The highest BCUT2D eigenvalue weighted by atomic mass is 16.5. The molecule has 0 aromatic heterocycles. The van der Waals surface area contributed by atoms with Crippen LogP contribution in [0.2, 0.25) is 0 Å². The van der Waals surface area contributed by atoms with Crippen molar-refractivity contribution in [3.05, 3.63) is 17.7 Å². The molecule has 18 heavy (non-hydrogen) atoms. The first-order valence-corrected chi connectivity index (χ1v) is 6.20. The minimum atomic E-state index is 0.443. The molecule has 0 unspecified atom stereocenters. The molecule has 0 radical (unpaired) electrons.